The number of piperidine rings is 1. The molecule has 0 bridgehead atoms. The van der Waals surface area contributed by atoms with E-state index in [2.05, 4.69) is 15.6 Å². The summed E-state index contributed by atoms with van der Waals surface area (Å²) in [6.07, 6.45) is 4.68. The zero-order valence-electron chi connectivity index (χ0n) is 10.6. The van der Waals surface area contributed by atoms with Crippen LogP contribution in [0.25, 0.3) is 0 Å². The summed E-state index contributed by atoms with van der Waals surface area (Å²) in [7, 11) is 0. The van der Waals surface area contributed by atoms with E-state index >= 15 is 0 Å². The van der Waals surface area contributed by atoms with Crippen LogP contribution in [0.2, 0.25) is 0 Å². The highest BCUT2D eigenvalue weighted by atomic mass is 32.1. The molecule has 1 aromatic heterocycles. The summed E-state index contributed by atoms with van der Waals surface area (Å²) in [5.41, 5.74) is 0. The third-order valence-corrected chi connectivity index (χ3v) is 3.82. The second-order valence-corrected chi connectivity index (χ2v) is 5.37. The Kier molecular flexibility index (Phi) is 5.49. The van der Waals surface area contributed by atoms with E-state index in [1.54, 1.807) is 0 Å². The van der Waals surface area contributed by atoms with Gasteiger partial charge in [-0.05, 0) is 43.7 Å². The third kappa shape index (κ3) is 4.73. The van der Waals surface area contributed by atoms with E-state index in [1.807, 2.05) is 0 Å². The Balaban J connectivity index is 1.57. The van der Waals surface area contributed by atoms with Crippen molar-refractivity contribution in [2.24, 2.45) is 0 Å². The van der Waals surface area contributed by atoms with Crippen molar-refractivity contribution in [3.05, 3.63) is 16.3 Å². The van der Waals surface area contributed by atoms with E-state index in [0.717, 1.165) is 50.2 Å². The molecule has 1 aliphatic rings. The Labute approximate surface area is 115 Å². The van der Waals surface area contributed by atoms with Crippen LogP contribution in [0.4, 0.5) is 10.1 Å². The van der Waals surface area contributed by atoms with Gasteiger partial charge in [-0.2, -0.15) is 0 Å². The van der Waals surface area contributed by atoms with Gasteiger partial charge < -0.3 is 15.4 Å². The molecule has 0 saturated carbocycles. The summed E-state index contributed by atoms with van der Waals surface area (Å²) in [4.78, 5) is 14.0. The van der Waals surface area contributed by atoms with Crippen molar-refractivity contribution in [3.8, 4) is 0 Å². The Morgan fingerprint density at radius 1 is 1.58 bits per heavy atom. The molecule has 1 aliphatic heterocycles. The fraction of sp³-hybridized carbons (Fsp3) is 0.727. The molecule has 2 rings (SSSR count). The van der Waals surface area contributed by atoms with Gasteiger partial charge in [0.2, 0.25) is 0 Å². The lowest BCUT2D eigenvalue weighted by Gasteiger charge is -2.22. The minimum Gasteiger partial charge on any atom is -0.378 e. The molecule has 0 radical (unpaired) electrons. The number of anilines is 1. The molecule has 2 heterocycles. The first-order chi connectivity index (χ1) is 9.25. The molecule has 0 unspecified atom stereocenters. The maximum Gasteiger partial charge on any atom is 0.345 e. The van der Waals surface area contributed by atoms with Crippen LogP contribution in [0.1, 0.15) is 19.3 Å². The van der Waals surface area contributed by atoms with Crippen molar-refractivity contribution in [2.45, 2.75) is 25.4 Å². The molecule has 106 valence electrons. The van der Waals surface area contributed by atoms with Crippen molar-refractivity contribution in [1.82, 2.24) is 10.3 Å². The van der Waals surface area contributed by atoms with Gasteiger partial charge in [0.05, 0.1) is 11.0 Å². The Morgan fingerprint density at radius 2 is 2.37 bits per heavy atom. The van der Waals surface area contributed by atoms with Gasteiger partial charge in [-0.3, -0.25) is 10.1 Å². The number of nitrogens with one attached hydrogen (secondary N) is 2. The SMILES string of the molecule is O=[N+]([O-])c1cnc(NCCCOC2CCNCC2)s1. The highest BCUT2D eigenvalue weighted by Crippen LogP contribution is 2.24. The predicted molar refractivity (Wildman–Crippen MR) is 73.7 cm³/mol. The van der Waals surface area contributed by atoms with Crippen molar-refractivity contribution >= 4 is 21.5 Å². The van der Waals surface area contributed by atoms with Gasteiger partial charge in [-0.15, -0.1) is 0 Å². The highest BCUT2D eigenvalue weighted by molar-refractivity contribution is 7.18. The molecule has 8 heteroatoms. The van der Waals surface area contributed by atoms with Crippen molar-refractivity contribution in [3.63, 3.8) is 0 Å². The number of ether oxygens (including phenoxy) is 1. The lowest BCUT2D eigenvalue weighted by atomic mass is 10.1. The van der Waals surface area contributed by atoms with Crippen molar-refractivity contribution < 1.29 is 9.66 Å². The van der Waals surface area contributed by atoms with Crippen LogP contribution < -0.4 is 10.6 Å². The van der Waals surface area contributed by atoms with Crippen molar-refractivity contribution in [2.75, 3.05) is 31.6 Å². The van der Waals surface area contributed by atoms with Crippen LogP contribution in [-0.4, -0.2) is 42.3 Å². The van der Waals surface area contributed by atoms with E-state index in [1.165, 1.54) is 6.20 Å². The average molecular weight is 286 g/mol. The summed E-state index contributed by atoms with van der Waals surface area (Å²) in [5.74, 6) is 0. The maximum absolute atomic E-state index is 10.5. The molecule has 7 nitrogen and oxygen atoms in total. The fourth-order valence-electron chi connectivity index (χ4n) is 1.91. The summed E-state index contributed by atoms with van der Waals surface area (Å²) >= 11 is 1.06. The van der Waals surface area contributed by atoms with Gasteiger partial charge in [-0.1, -0.05) is 0 Å². The topological polar surface area (TPSA) is 89.3 Å². The van der Waals surface area contributed by atoms with Crippen LogP contribution in [0.3, 0.4) is 0 Å². The Morgan fingerprint density at radius 3 is 3.05 bits per heavy atom. The van der Waals surface area contributed by atoms with Gasteiger partial charge in [0, 0.05) is 13.2 Å². The molecule has 0 amide bonds. The first kappa shape index (κ1) is 14.2. The molecule has 0 aromatic carbocycles. The van der Waals surface area contributed by atoms with Crippen LogP contribution in [0.15, 0.2) is 6.20 Å². The molecule has 1 aromatic rings. The molecule has 1 fully saturated rings. The van der Waals surface area contributed by atoms with Crippen LogP contribution >= 0.6 is 11.3 Å². The van der Waals surface area contributed by atoms with E-state index in [9.17, 15) is 10.1 Å². The molecule has 2 N–H and O–H groups in total. The lowest BCUT2D eigenvalue weighted by Crippen LogP contribution is -2.32. The number of rotatable bonds is 7. The van der Waals surface area contributed by atoms with Gasteiger partial charge in [0.25, 0.3) is 0 Å². The van der Waals surface area contributed by atoms with E-state index < -0.39 is 4.92 Å². The lowest BCUT2D eigenvalue weighted by molar-refractivity contribution is -0.380. The second-order valence-electron chi connectivity index (χ2n) is 4.36. The zero-order chi connectivity index (χ0) is 13.5. The summed E-state index contributed by atoms with van der Waals surface area (Å²) in [5, 5.41) is 17.5. The largest absolute Gasteiger partial charge is 0.378 e. The van der Waals surface area contributed by atoms with Gasteiger partial charge in [0.1, 0.15) is 6.20 Å². The van der Waals surface area contributed by atoms with Gasteiger partial charge >= 0.3 is 5.00 Å². The van der Waals surface area contributed by atoms with Crippen LogP contribution in [0.5, 0.6) is 0 Å². The Hall–Kier alpha value is -1.25. The van der Waals surface area contributed by atoms with Gasteiger partial charge in [-0.25, -0.2) is 4.98 Å². The van der Waals surface area contributed by atoms with Crippen molar-refractivity contribution in [1.29, 1.82) is 0 Å². The molecule has 19 heavy (non-hydrogen) atoms. The normalized spacial score (nSPS) is 16.4. The third-order valence-electron chi connectivity index (χ3n) is 2.91. The zero-order valence-corrected chi connectivity index (χ0v) is 11.4. The minimum absolute atomic E-state index is 0.0634. The fourth-order valence-corrected chi connectivity index (χ4v) is 2.57. The second kappa shape index (κ2) is 7.37. The number of hydrogen-bond acceptors (Lipinski definition) is 7. The van der Waals surface area contributed by atoms with Crippen LogP contribution in [0, 0.1) is 10.1 Å². The van der Waals surface area contributed by atoms with E-state index in [-0.39, 0.29) is 5.00 Å². The number of thiazole rings is 1. The molecule has 0 aliphatic carbocycles. The smallest absolute Gasteiger partial charge is 0.345 e. The number of aromatic nitrogens is 1. The first-order valence-corrected chi connectivity index (χ1v) is 7.24. The van der Waals surface area contributed by atoms with Gasteiger partial charge in [0.15, 0.2) is 5.13 Å². The van der Waals surface area contributed by atoms with E-state index in [0.29, 0.717) is 17.8 Å². The summed E-state index contributed by atoms with van der Waals surface area (Å²) < 4.78 is 5.76. The molecule has 0 atom stereocenters. The monoisotopic (exact) mass is 286 g/mol. The summed E-state index contributed by atoms with van der Waals surface area (Å²) in [6, 6.07) is 0. The maximum atomic E-state index is 10.5. The van der Waals surface area contributed by atoms with E-state index in [4.69, 9.17) is 4.74 Å². The standard InChI is InChI=1S/C11H18N4O3S/c16-15(17)10-8-14-11(19-10)13-4-1-7-18-9-2-5-12-6-3-9/h8-9,12H,1-7H2,(H,13,14). The highest BCUT2D eigenvalue weighted by Gasteiger charge is 2.13. The molecule has 1 saturated heterocycles. The molecular weight excluding hydrogens is 268 g/mol. The number of nitro groups is 1. The molecular formula is C11H18N4O3S. The quantitative estimate of drug-likeness (QED) is 0.450. The average Bonchev–Trinajstić information content (AvgIpc) is 2.89. The van der Waals surface area contributed by atoms with Crippen LogP contribution in [-0.2, 0) is 4.74 Å². The minimum atomic E-state index is -0.428. The summed E-state index contributed by atoms with van der Waals surface area (Å²) in [6.45, 7) is 3.50. The Bertz CT molecular complexity index is 406. The first-order valence-electron chi connectivity index (χ1n) is 6.42. The number of nitrogens with zero attached hydrogens (tertiary/aromatic N) is 2. The molecule has 0 spiro atoms. The number of hydrogen-bond donors (Lipinski definition) is 2. The predicted octanol–water partition coefficient (Wildman–Crippen LogP) is 1.62.